The fourth-order valence-corrected chi connectivity index (χ4v) is 3.07. The molecule has 1 saturated carbocycles. The Morgan fingerprint density at radius 2 is 1.65 bits per heavy atom. The molecule has 0 bridgehead atoms. The van der Waals surface area contributed by atoms with Gasteiger partial charge in [0.2, 0.25) is 0 Å². The molecule has 23 heavy (non-hydrogen) atoms. The lowest BCUT2D eigenvalue weighted by atomic mass is 10.1. The van der Waals surface area contributed by atoms with Crippen LogP contribution in [0.5, 0.6) is 5.75 Å². The van der Waals surface area contributed by atoms with E-state index in [0.29, 0.717) is 12.1 Å². The lowest BCUT2D eigenvalue weighted by Gasteiger charge is -2.19. The summed E-state index contributed by atoms with van der Waals surface area (Å²) in [6.45, 7) is 3.04. The number of ether oxygens (including phenoxy) is 1. The Morgan fingerprint density at radius 1 is 1.00 bits per heavy atom. The van der Waals surface area contributed by atoms with Gasteiger partial charge < -0.3 is 22.5 Å². The first-order valence-corrected chi connectivity index (χ1v) is 8.36. The van der Waals surface area contributed by atoms with Crippen molar-refractivity contribution < 1.29 is 17.1 Å². The summed E-state index contributed by atoms with van der Waals surface area (Å²) in [6.07, 6.45) is 5.41. The van der Waals surface area contributed by atoms with Gasteiger partial charge in [0, 0.05) is 18.2 Å². The summed E-state index contributed by atoms with van der Waals surface area (Å²) in [7, 11) is 0. The summed E-state index contributed by atoms with van der Waals surface area (Å²) < 4.78 is 6.20. The molecule has 1 unspecified atom stereocenters. The van der Waals surface area contributed by atoms with Crippen molar-refractivity contribution in [2.24, 2.45) is 0 Å². The Balaban J connectivity index is 0.00000192. The molecule has 0 aromatic heterocycles. The highest BCUT2D eigenvalue weighted by atomic mass is 35.5. The minimum Gasteiger partial charge on any atom is -1.00 e. The highest BCUT2D eigenvalue weighted by Crippen LogP contribution is 2.27. The third-order valence-corrected chi connectivity index (χ3v) is 4.47. The van der Waals surface area contributed by atoms with Crippen LogP contribution in [-0.4, -0.2) is 6.10 Å². The molecule has 0 amide bonds. The molecule has 2 aromatic carbocycles. The molecular weight excluding hydrogens is 306 g/mol. The minimum atomic E-state index is 0. The Labute approximate surface area is 145 Å². The molecule has 0 heterocycles. The van der Waals surface area contributed by atoms with E-state index in [1.54, 1.807) is 0 Å². The zero-order chi connectivity index (χ0) is 15.2. The molecule has 0 saturated heterocycles. The van der Waals surface area contributed by atoms with Crippen molar-refractivity contribution in [1.29, 1.82) is 0 Å². The van der Waals surface area contributed by atoms with Crippen molar-refractivity contribution in [3.8, 4) is 5.75 Å². The van der Waals surface area contributed by atoms with Crippen molar-refractivity contribution in [3.63, 3.8) is 0 Å². The topological polar surface area (TPSA) is 21.3 Å². The normalized spacial score (nSPS) is 15.9. The standard InChI is InChI=1S/C20H25NO.ClH/c1-16(17-9-3-2-4-10-17)21-15-18-11-5-8-14-20(18)22-19-12-6-7-13-19;/h2-5,8-11,14,16,19,21H,6-7,12-13,15H2,1H3;1H/p-1. The van der Waals surface area contributed by atoms with Crippen LogP contribution in [0.1, 0.15) is 49.8 Å². The highest BCUT2D eigenvalue weighted by molar-refractivity contribution is 5.33. The average Bonchev–Trinajstić information content (AvgIpc) is 3.07. The monoisotopic (exact) mass is 330 g/mol. The number of halogens is 1. The van der Waals surface area contributed by atoms with Gasteiger partial charge in [-0.15, -0.1) is 0 Å². The molecule has 1 fully saturated rings. The second kappa shape index (κ2) is 8.95. The SMILES string of the molecule is CC(NCc1ccccc1OC1CCCC1)c1ccccc1.[Cl-]. The van der Waals surface area contributed by atoms with Crippen LogP contribution in [0.3, 0.4) is 0 Å². The molecular formula is C20H25ClNO-. The summed E-state index contributed by atoms with van der Waals surface area (Å²) in [4.78, 5) is 0. The largest absolute Gasteiger partial charge is 1.00 e. The van der Waals surface area contributed by atoms with Gasteiger partial charge in [-0.05, 0) is 44.2 Å². The van der Waals surface area contributed by atoms with Crippen LogP contribution in [0.4, 0.5) is 0 Å². The van der Waals surface area contributed by atoms with E-state index in [4.69, 9.17) is 4.74 Å². The van der Waals surface area contributed by atoms with Crippen molar-refractivity contribution in [3.05, 3.63) is 65.7 Å². The fraction of sp³-hybridized carbons (Fsp3) is 0.400. The molecule has 0 aliphatic heterocycles. The van der Waals surface area contributed by atoms with Crippen LogP contribution >= 0.6 is 0 Å². The average molecular weight is 331 g/mol. The number of rotatable bonds is 6. The van der Waals surface area contributed by atoms with Gasteiger partial charge in [0.15, 0.2) is 0 Å². The number of hydrogen-bond acceptors (Lipinski definition) is 2. The maximum atomic E-state index is 6.20. The Kier molecular flexibility index (Phi) is 6.94. The van der Waals surface area contributed by atoms with E-state index in [2.05, 4.69) is 66.8 Å². The van der Waals surface area contributed by atoms with Gasteiger partial charge in [-0.2, -0.15) is 0 Å². The van der Waals surface area contributed by atoms with Gasteiger partial charge in [0.25, 0.3) is 0 Å². The van der Waals surface area contributed by atoms with Gasteiger partial charge in [-0.25, -0.2) is 0 Å². The summed E-state index contributed by atoms with van der Waals surface area (Å²) in [5, 5.41) is 3.60. The second-order valence-electron chi connectivity index (χ2n) is 6.15. The first kappa shape index (κ1) is 17.8. The van der Waals surface area contributed by atoms with Gasteiger partial charge in [-0.1, -0.05) is 48.5 Å². The van der Waals surface area contributed by atoms with Crippen molar-refractivity contribution in [2.45, 2.75) is 51.3 Å². The summed E-state index contributed by atoms with van der Waals surface area (Å²) in [5.41, 5.74) is 2.56. The maximum Gasteiger partial charge on any atom is 0.124 e. The van der Waals surface area contributed by atoms with Crippen LogP contribution < -0.4 is 22.5 Å². The molecule has 1 aliphatic carbocycles. The molecule has 2 aromatic rings. The van der Waals surface area contributed by atoms with E-state index in [9.17, 15) is 0 Å². The molecule has 2 nitrogen and oxygen atoms in total. The maximum absolute atomic E-state index is 6.20. The van der Waals surface area contributed by atoms with Gasteiger partial charge in [0.1, 0.15) is 5.75 Å². The first-order valence-electron chi connectivity index (χ1n) is 8.36. The summed E-state index contributed by atoms with van der Waals surface area (Å²) >= 11 is 0. The van der Waals surface area contributed by atoms with Crippen LogP contribution in [0.2, 0.25) is 0 Å². The van der Waals surface area contributed by atoms with Gasteiger partial charge >= 0.3 is 0 Å². The molecule has 0 spiro atoms. The Morgan fingerprint density at radius 3 is 2.39 bits per heavy atom. The van der Waals surface area contributed by atoms with Crippen LogP contribution in [-0.2, 0) is 6.54 Å². The predicted octanol–water partition coefficient (Wildman–Crippen LogP) is 1.86. The molecule has 1 N–H and O–H groups in total. The van der Waals surface area contributed by atoms with E-state index in [-0.39, 0.29) is 12.4 Å². The highest BCUT2D eigenvalue weighted by Gasteiger charge is 2.17. The van der Waals surface area contributed by atoms with E-state index in [1.807, 2.05) is 0 Å². The first-order chi connectivity index (χ1) is 10.8. The zero-order valence-corrected chi connectivity index (χ0v) is 14.4. The third-order valence-electron chi connectivity index (χ3n) is 4.47. The van der Waals surface area contributed by atoms with E-state index >= 15 is 0 Å². The molecule has 1 aliphatic rings. The molecule has 3 rings (SSSR count). The summed E-state index contributed by atoms with van der Waals surface area (Å²) in [6, 6.07) is 19.3. The molecule has 1 atom stereocenters. The van der Waals surface area contributed by atoms with Crippen molar-refractivity contribution >= 4 is 0 Å². The van der Waals surface area contributed by atoms with Crippen LogP contribution in [0, 0.1) is 0 Å². The van der Waals surface area contributed by atoms with Crippen molar-refractivity contribution in [2.75, 3.05) is 0 Å². The molecule has 3 heteroatoms. The number of para-hydroxylation sites is 1. The third kappa shape index (κ3) is 4.98. The summed E-state index contributed by atoms with van der Waals surface area (Å²) in [5.74, 6) is 1.04. The lowest BCUT2D eigenvalue weighted by molar-refractivity contribution is -0.00000549. The number of nitrogens with one attached hydrogen (secondary N) is 1. The smallest absolute Gasteiger partial charge is 0.124 e. The molecule has 0 radical (unpaired) electrons. The molecule has 124 valence electrons. The van der Waals surface area contributed by atoms with E-state index in [1.165, 1.54) is 36.8 Å². The van der Waals surface area contributed by atoms with E-state index < -0.39 is 0 Å². The van der Waals surface area contributed by atoms with Crippen LogP contribution in [0.25, 0.3) is 0 Å². The fourth-order valence-electron chi connectivity index (χ4n) is 3.07. The Hall–Kier alpha value is -1.51. The quantitative estimate of drug-likeness (QED) is 0.873. The van der Waals surface area contributed by atoms with E-state index in [0.717, 1.165) is 12.3 Å². The van der Waals surface area contributed by atoms with Gasteiger partial charge in [0.05, 0.1) is 6.10 Å². The zero-order valence-electron chi connectivity index (χ0n) is 13.7. The lowest BCUT2D eigenvalue weighted by Crippen LogP contribution is -3.00. The van der Waals surface area contributed by atoms with Gasteiger partial charge in [-0.3, -0.25) is 0 Å². The number of benzene rings is 2. The Bertz CT molecular complexity index is 581. The minimum absolute atomic E-state index is 0. The number of hydrogen-bond donors (Lipinski definition) is 1. The predicted molar refractivity (Wildman–Crippen MR) is 91.0 cm³/mol. The van der Waals surface area contributed by atoms with Crippen LogP contribution in [0.15, 0.2) is 54.6 Å². The second-order valence-corrected chi connectivity index (χ2v) is 6.15. The van der Waals surface area contributed by atoms with Crippen molar-refractivity contribution in [1.82, 2.24) is 5.32 Å².